The molecule has 0 bridgehead atoms. The quantitative estimate of drug-likeness (QED) is 0.815. The van der Waals surface area contributed by atoms with Crippen molar-refractivity contribution < 1.29 is 9.53 Å². The normalized spacial score (nSPS) is 9.69. The van der Waals surface area contributed by atoms with Crippen LogP contribution in [0.2, 0.25) is 0 Å². The van der Waals surface area contributed by atoms with Gasteiger partial charge in [0.25, 0.3) is 0 Å². The van der Waals surface area contributed by atoms with Crippen LogP contribution in [0.1, 0.15) is 19.0 Å². The average Bonchev–Trinajstić information content (AvgIpc) is 2.48. The zero-order chi connectivity index (χ0) is 9.68. The van der Waals surface area contributed by atoms with E-state index in [1.807, 2.05) is 19.2 Å². The number of nitrogens with zero attached hydrogens (tertiary/aromatic N) is 1. The summed E-state index contributed by atoms with van der Waals surface area (Å²) in [5.74, 6) is 0. The molecule has 0 aliphatic carbocycles. The van der Waals surface area contributed by atoms with Crippen LogP contribution in [0.4, 0.5) is 9.93 Å². The van der Waals surface area contributed by atoms with Gasteiger partial charge >= 0.3 is 6.09 Å². The number of nitrogens with one attached hydrogen (secondary N) is 1. The topological polar surface area (TPSA) is 51.2 Å². The molecule has 1 aromatic heterocycles. The average molecular weight is 200 g/mol. The van der Waals surface area contributed by atoms with E-state index in [0.717, 1.165) is 12.1 Å². The van der Waals surface area contributed by atoms with Crippen molar-refractivity contribution in [3.8, 4) is 0 Å². The van der Waals surface area contributed by atoms with E-state index in [9.17, 15) is 4.79 Å². The smallest absolute Gasteiger partial charge is 0.413 e. The molecule has 1 amide bonds. The van der Waals surface area contributed by atoms with E-state index in [4.69, 9.17) is 4.74 Å². The highest BCUT2D eigenvalue weighted by Crippen LogP contribution is 2.14. The molecule has 0 fully saturated rings. The predicted molar refractivity (Wildman–Crippen MR) is 52.1 cm³/mol. The lowest BCUT2D eigenvalue weighted by Crippen LogP contribution is -2.13. The molecule has 0 aliphatic rings. The molecule has 1 heterocycles. The van der Waals surface area contributed by atoms with E-state index < -0.39 is 6.09 Å². The predicted octanol–water partition coefficient (Wildman–Crippen LogP) is 2.41. The monoisotopic (exact) mass is 200 g/mol. The maximum atomic E-state index is 11.0. The summed E-state index contributed by atoms with van der Waals surface area (Å²) in [6.45, 7) is 4.26. The Kier molecular flexibility index (Phi) is 3.70. The van der Waals surface area contributed by atoms with Gasteiger partial charge in [0.05, 0.1) is 12.3 Å². The highest BCUT2D eigenvalue weighted by molar-refractivity contribution is 7.13. The lowest BCUT2D eigenvalue weighted by atomic mass is 10.5. The third-order valence-corrected chi connectivity index (χ3v) is 2.14. The molecular formula is C8H12N2O2S. The first-order valence-corrected chi connectivity index (χ1v) is 4.96. The molecule has 0 saturated heterocycles. The Bertz CT molecular complexity index is 285. The van der Waals surface area contributed by atoms with Gasteiger partial charge in [-0.3, -0.25) is 5.32 Å². The maximum Gasteiger partial charge on any atom is 0.413 e. The van der Waals surface area contributed by atoms with E-state index in [1.54, 1.807) is 0 Å². The number of carbonyl (C=O) groups is 1. The highest BCUT2D eigenvalue weighted by atomic mass is 32.1. The molecule has 0 atom stereocenters. The van der Waals surface area contributed by atoms with Crippen LogP contribution in [0.5, 0.6) is 0 Å². The second kappa shape index (κ2) is 4.81. The summed E-state index contributed by atoms with van der Waals surface area (Å²) in [6, 6.07) is 0. The molecular weight excluding hydrogens is 188 g/mol. The Labute approximate surface area is 80.9 Å². The van der Waals surface area contributed by atoms with Gasteiger partial charge in [-0.25, -0.2) is 9.78 Å². The first kappa shape index (κ1) is 9.98. The lowest BCUT2D eigenvalue weighted by molar-refractivity contribution is 0.161. The van der Waals surface area contributed by atoms with Gasteiger partial charge in [0.1, 0.15) is 0 Å². The van der Waals surface area contributed by atoms with Crippen molar-refractivity contribution >= 4 is 22.6 Å². The summed E-state index contributed by atoms with van der Waals surface area (Å²) in [5, 5.41) is 5.00. The Morgan fingerprint density at radius 1 is 1.77 bits per heavy atom. The molecule has 5 heteroatoms. The standard InChI is InChI=1S/C8H12N2O2S/c1-3-4-12-8(11)10-7-9-6(2)5-13-7/h5H,3-4H2,1-2H3,(H,9,10,11). The summed E-state index contributed by atoms with van der Waals surface area (Å²) < 4.78 is 4.82. The van der Waals surface area contributed by atoms with Gasteiger partial charge in [0, 0.05) is 5.38 Å². The summed E-state index contributed by atoms with van der Waals surface area (Å²) in [5.41, 5.74) is 0.899. The van der Waals surface area contributed by atoms with Crippen molar-refractivity contribution in [2.24, 2.45) is 0 Å². The number of ether oxygens (including phenoxy) is 1. The summed E-state index contributed by atoms with van der Waals surface area (Å²) >= 11 is 1.39. The number of amides is 1. The van der Waals surface area contributed by atoms with E-state index >= 15 is 0 Å². The van der Waals surface area contributed by atoms with Crippen LogP contribution in [0.3, 0.4) is 0 Å². The third kappa shape index (κ3) is 3.42. The van der Waals surface area contributed by atoms with E-state index in [2.05, 4.69) is 10.3 Å². The van der Waals surface area contributed by atoms with Crippen LogP contribution in [-0.2, 0) is 4.74 Å². The molecule has 0 spiro atoms. The number of anilines is 1. The fraction of sp³-hybridized carbons (Fsp3) is 0.500. The Hall–Kier alpha value is -1.10. The minimum Gasteiger partial charge on any atom is -0.449 e. The first-order valence-electron chi connectivity index (χ1n) is 4.08. The van der Waals surface area contributed by atoms with Gasteiger partial charge in [0.15, 0.2) is 5.13 Å². The third-order valence-electron chi connectivity index (χ3n) is 1.27. The molecule has 0 aliphatic heterocycles. The number of thiazole rings is 1. The molecule has 1 aromatic rings. The molecule has 0 saturated carbocycles. The zero-order valence-electron chi connectivity index (χ0n) is 7.66. The van der Waals surface area contributed by atoms with E-state index in [1.165, 1.54) is 11.3 Å². The van der Waals surface area contributed by atoms with Gasteiger partial charge in [-0.2, -0.15) is 0 Å². The molecule has 0 radical (unpaired) electrons. The molecule has 0 aromatic carbocycles. The van der Waals surface area contributed by atoms with Crippen LogP contribution in [0, 0.1) is 6.92 Å². The van der Waals surface area contributed by atoms with Gasteiger partial charge < -0.3 is 4.74 Å². The largest absolute Gasteiger partial charge is 0.449 e. The minimum atomic E-state index is -0.434. The van der Waals surface area contributed by atoms with Gasteiger partial charge in [-0.05, 0) is 13.3 Å². The number of hydrogen-bond donors (Lipinski definition) is 1. The molecule has 4 nitrogen and oxygen atoms in total. The Morgan fingerprint density at radius 3 is 3.08 bits per heavy atom. The molecule has 1 N–H and O–H groups in total. The summed E-state index contributed by atoms with van der Waals surface area (Å²) in [6.07, 6.45) is 0.390. The fourth-order valence-electron chi connectivity index (χ4n) is 0.730. The van der Waals surface area contributed by atoms with Crippen molar-refractivity contribution in [2.75, 3.05) is 11.9 Å². The van der Waals surface area contributed by atoms with E-state index in [-0.39, 0.29) is 0 Å². The second-order valence-electron chi connectivity index (χ2n) is 2.55. The lowest BCUT2D eigenvalue weighted by Gasteiger charge is -2.01. The Morgan fingerprint density at radius 2 is 2.54 bits per heavy atom. The molecule has 0 unspecified atom stereocenters. The number of hydrogen-bond acceptors (Lipinski definition) is 4. The van der Waals surface area contributed by atoms with Crippen LogP contribution >= 0.6 is 11.3 Å². The van der Waals surface area contributed by atoms with Crippen LogP contribution in [0.25, 0.3) is 0 Å². The summed E-state index contributed by atoms with van der Waals surface area (Å²) in [4.78, 5) is 15.1. The maximum absolute atomic E-state index is 11.0. The number of rotatable bonds is 3. The van der Waals surface area contributed by atoms with Gasteiger partial charge in [0.2, 0.25) is 0 Å². The number of carbonyl (C=O) groups excluding carboxylic acids is 1. The minimum absolute atomic E-state index is 0.434. The first-order chi connectivity index (χ1) is 6.22. The molecule has 1 rings (SSSR count). The Balaban J connectivity index is 2.36. The zero-order valence-corrected chi connectivity index (χ0v) is 8.48. The van der Waals surface area contributed by atoms with Crippen LogP contribution < -0.4 is 5.32 Å². The van der Waals surface area contributed by atoms with E-state index in [0.29, 0.717) is 11.7 Å². The van der Waals surface area contributed by atoms with Crippen molar-refractivity contribution in [1.82, 2.24) is 4.98 Å². The highest BCUT2D eigenvalue weighted by Gasteiger charge is 2.04. The van der Waals surface area contributed by atoms with Crippen LogP contribution in [-0.4, -0.2) is 17.7 Å². The van der Waals surface area contributed by atoms with Gasteiger partial charge in [-0.15, -0.1) is 11.3 Å². The van der Waals surface area contributed by atoms with Gasteiger partial charge in [-0.1, -0.05) is 6.92 Å². The van der Waals surface area contributed by atoms with Crippen molar-refractivity contribution in [3.05, 3.63) is 11.1 Å². The number of aryl methyl sites for hydroxylation is 1. The SMILES string of the molecule is CCCOC(=O)Nc1nc(C)cs1. The summed E-state index contributed by atoms with van der Waals surface area (Å²) in [7, 11) is 0. The van der Waals surface area contributed by atoms with Crippen LogP contribution in [0.15, 0.2) is 5.38 Å². The fourth-order valence-corrected chi connectivity index (χ4v) is 1.40. The van der Waals surface area contributed by atoms with Crippen molar-refractivity contribution in [1.29, 1.82) is 0 Å². The second-order valence-corrected chi connectivity index (χ2v) is 3.41. The molecule has 13 heavy (non-hydrogen) atoms. The van der Waals surface area contributed by atoms with Crippen molar-refractivity contribution in [2.45, 2.75) is 20.3 Å². The molecule has 72 valence electrons. The number of aromatic nitrogens is 1. The van der Waals surface area contributed by atoms with Crippen molar-refractivity contribution in [3.63, 3.8) is 0 Å².